The Bertz CT molecular complexity index is 485. The van der Waals surface area contributed by atoms with Crippen molar-refractivity contribution in [1.82, 2.24) is 4.90 Å². The van der Waals surface area contributed by atoms with Crippen molar-refractivity contribution in [3.8, 4) is 5.75 Å². The number of phenolic OH excluding ortho intramolecular Hbond substituents is 1. The van der Waals surface area contributed by atoms with Crippen molar-refractivity contribution >= 4 is 5.97 Å². The molecular formula is C17H25NO3. The lowest BCUT2D eigenvalue weighted by atomic mass is 9.81. The number of likely N-dealkylation sites (tertiary alicyclic amines) is 1. The SMILES string of the molecule is CC(CCc1ccc(O)cc1)N1CCCC(C)(C(=O)O)C1. The fourth-order valence-corrected chi connectivity index (χ4v) is 3.05. The zero-order valence-corrected chi connectivity index (χ0v) is 12.9. The lowest BCUT2D eigenvalue weighted by molar-refractivity contribution is -0.151. The van der Waals surface area contributed by atoms with Gasteiger partial charge in [0.05, 0.1) is 5.41 Å². The third-order valence-electron chi connectivity index (χ3n) is 4.65. The minimum Gasteiger partial charge on any atom is -0.508 e. The normalized spacial score (nSPS) is 24.7. The number of piperidine rings is 1. The number of rotatable bonds is 5. The summed E-state index contributed by atoms with van der Waals surface area (Å²) in [5, 5.41) is 18.7. The van der Waals surface area contributed by atoms with E-state index in [-0.39, 0.29) is 0 Å². The van der Waals surface area contributed by atoms with Gasteiger partial charge in [0.15, 0.2) is 0 Å². The Labute approximate surface area is 126 Å². The highest BCUT2D eigenvalue weighted by atomic mass is 16.4. The fourth-order valence-electron chi connectivity index (χ4n) is 3.05. The summed E-state index contributed by atoms with van der Waals surface area (Å²) < 4.78 is 0. The van der Waals surface area contributed by atoms with Crippen LogP contribution in [0.2, 0.25) is 0 Å². The summed E-state index contributed by atoms with van der Waals surface area (Å²) >= 11 is 0. The van der Waals surface area contributed by atoms with Crippen molar-refractivity contribution in [1.29, 1.82) is 0 Å². The first-order chi connectivity index (χ1) is 9.90. The number of carboxylic acid groups (broad SMARTS) is 1. The Balaban J connectivity index is 1.89. The largest absolute Gasteiger partial charge is 0.508 e. The van der Waals surface area contributed by atoms with Gasteiger partial charge in [-0.15, -0.1) is 0 Å². The van der Waals surface area contributed by atoms with Gasteiger partial charge < -0.3 is 10.2 Å². The second kappa shape index (κ2) is 6.48. The number of benzene rings is 1. The van der Waals surface area contributed by atoms with E-state index in [1.807, 2.05) is 19.1 Å². The van der Waals surface area contributed by atoms with Gasteiger partial charge in [0, 0.05) is 12.6 Å². The zero-order chi connectivity index (χ0) is 15.5. The second-order valence-corrected chi connectivity index (χ2v) is 6.49. The van der Waals surface area contributed by atoms with Crippen LogP contribution in [-0.2, 0) is 11.2 Å². The van der Waals surface area contributed by atoms with E-state index in [4.69, 9.17) is 0 Å². The Kier molecular flexibility index (Phi) is 4.88. The molecule has 1 aromatic carbocycles. The molecule has 0 amide bonds. The number of aliphatic carboxylic acids is 1. The average Bonchev–Trinajstić information content (AvgIpc) is 2.46. The number of hydrogen-bond acceptors (Lipinski definition) is 3. The summed E-state index contributed by atoms with van der Waals surface area (Å²) in [6.45, 7) is 5.65. The molecule has 0 radical (unpaired) electrons. The molecule has 2 N–H and O–H groups in total. The van der Waals surface area contributed by atoms with Crippen LogP contribution < -0.4 is 0 Å². The van der Waals surface area contributed by atoms with Crippen molar-refractivity contribution in [2.75, 3.05) is 13.1 Å². The Morgan fingerprint density at radius 2 is 2.05 bits per heavy atom. The van der Waals surface area contributed by atoms with E-state index in [1.165, 1.54) is 5.56 Å². The van der Waals surface area contributed by atoms with E-state index < -0.39 is 11.4 Å². The molecule has 2 rings (SSSR count). The van der Waals surface area contributed by atoms with Crippen LogP contribution in [0, 0.1) is 5.41 Å². The average molecular weight is 291 g/mol. The Morgan fingerprint density at radius 3 is 2.67 bits per heavy atom. The summed E-state index contributed by atoms with van der Waals surface area (Å²) in [7, 11) is 0. The van der Waals surface area contributed by atoms with E-state index in [1.54, 1.807) is 12.1 Å². The van der Waals surface area contributed by atoms with Gasteiger partial charge in [-0.25, -0.2) is 0 Å². The summed E-state index contributed by atoms with van der Waals surface area (Å²) in [6.07, 6.45) is 3.66. The van der Waals surface area contributed by atoms with Gasteiger partial charge in [-0.1, -0.05) is 12.1 Å². The zero-order valence-electron chi connectivity index (χ0n) is 12.9. The second-order valence-electron chi connectivity index (χ2n) is 6.49. The summed E-state index contributed by atoms with van der Waals surface area (Å²) in [4.78, 5) is 13.7. The third kappa shape index (κ3) is 3.97. The molecule has 0 bridgehead atoms. The minimum atomic E-state index is -0.682. The molecule has 2 atom stereocenters. The van der Waals surface area contributed by atoms with Gasteiger partial charge in [-0.05, 0) is 63.8 Å². The highest BCUT2D eigenvalue weighted by molar-refractivity contribution is 5.74. The molecule has 1 aliphatic rings. The molecule has 1 heterocycles. The van der Waals surface area contributed by atoms with Crippen LogP contribution in [0.25, 0.3) is 0 Å². The minimum absolute atomic E-state index is 0.292. The molecular weight excluding hydrogens is 266 g/mol. The summed E-state index contributed by atoms with van der Waals surface area (Å²) in [5.41, 5.74) is 0.600. The lowest BCUT2D eigenvalue weighted by Crippen LogP contribution is -2.49. The van der Waals surface area contributed by atoms with Crippen LogP contribution in [0.5, 0.6) is 5.75 Å². The first-order valence-electron chi connectivity index (χ1n) is 7.66. The number of carboxylic acids is 1. The van der Waals surface area contributed by atoms with Gasteiger partial charge in [-0.3, -0.25) is 9.69 Å². The molecule has 0 spiro atoms. The van der Waals surface area contributed by atoms with Gasteiger partial charge in [0.25, 0.3) is 0 Å². The molecule has 4 nitrogen and oxygen atoms in total. The first-order valence-corrected chi connectivity index (χ1v) is 7.66. The van der Waals surface area contributed by atoms with Crippen LogP contribution in [0.1, 0.15) is 38.7 Å². The fraction of sp³-hybridized carbons (Fsp3) is 0.588. The van der Waals surface area contributed by atoms with Crippen LogP contribution in [0.15, 0.2) is 24.3 Å². The maximum atomic E-state index is 11.4. The molecule has 0 aromatic heterocycles. The molecule has 116 valence electrons. The van der Waals surface area contributed by atoms with Gasteiger partial charge >= 0.3 is 5.97 Å². The van der Waals surface area contributed by atoms with Crippen molar-refractivity contribution in [3.63, 3.8) is 0 Å². The van der Waals surface area contributed by atoms with Crippen molar-refractivity contribution in [2.45, 2.75) is 45.6 Å². The number of aryl methyl sites for hydroxylation is 1. The molecule has 1 aliphatic heterocycles. The highest BCUT2D eigenvalue weighted by Crippen LogP contribution is 2.31. The topological polar surface area (TPSA) is 60.8 Å². The first kappa shape index (κ1) is 15.8. The van der Waals surface area contributed by atoms with E-state index in [2.05, 4.69) is 11.8 Å². The van der Waals surface area contributed by atoms with Gasteiger partial charge in [-0.2, -0.15) is 0 Å². The Morgan fingerprint density at radius 1 is 1.38 bits per heavy atom. The van der Waals surface area contributed by atoms with Gasteiger partial charge in [0.1, 0.15) is 5.75 Å². The van der Waals surface area contributed by atoms with Crippen molar-refractivity contribution in [2.24, 2.45) is 5.41 Å². The van der Waals surface area contributed by atoms with Crippen LogP contribution in [0.3, 0.4) is 0 Å². The smallest absolute Gasteiger partial charge is 0.310 e. The maximum Gasteiger partial charge on any atom is 0.310 e. The third-order valence-corrected chi connectivity index (χ3v) is 4.65. The predicted octanol–water partition coefficient (Wildman–Crippen LogP) is 2.90. The molecule has 0 aliphatic carbocycles. The molecule has 1 aromatic rings. The van der Waals surface area contributed by atoms with Crippen LogP contribution >= 0.6 is 0 Å². The maximum absolute atomic E-state index is 11.4. The Hall–Kier alpha value is -1.55. The van der Waals surface area contributed by atoms with E-state index in [0.717, 1.165) is 32.2 Å². The van der Waals surface area contributed by atoms with Crippen molar-refractivity contribution < 1.29 is 15.0 Å². The lowest BCUT2D eigenvalue weighted by Gasteiger charge is -2.40. The van der Waals surface area contributed by atoms with Crippen LogP contribution in [-0.4, -0.2) is 40.2 Å². The van der Waals surface area contributed by atoms with Crippen LogP contribution in [0.4, 0.5) is 0 Å². The summed E-state index contributed by atoms with van der Waals surface area (Å²) in [6, 6.07) is 7.68. The number of phenols is 1. The molecule has 21 heavy (non-hydrogen) atoms. The number of nitrogens with zero attached hydrogens (tertiary/aromatic N) is 1. The molecule has 0 saturated carbocycles. The number of hydrogen-bond donors (Lipinski definition) is 2. The molecule has 1 fully saturated rings. The highest BCUT2D eigenvalue weighted by Gasteiger charge is 2.38. The van der Waals surface area contributed by atoms with Crippen molar-refractivity contribution in [3.05, 3.63) is 29.8 Å². The number of carbonyl (C=O) groups is 1. The summed E-state index contributed by atoms with van der Waals surface area (Å²) in [5.74, 6) is -0.391. The molecule has 2 unspecified atom stereocenters. The van der Waals surface area contributed by atoms with E-state index in [9.17, 15) is 15.0 Å². The van der Waals surface area contributed by atoms with E-state index in [0.29, 0.717) is 18.3 Å². The molecule has 1 saturated heterocycles. The predicted molar refractivity (Wildman–Crippen MR) is 82.4 cm³/mol. The van der Waals surface area contributed by atoms with Gasteiger partial charge in [0.2, 0.25) is 0 Å². The monoisotopic (exact) mass is 291 g/mol. The number of aromatic hydroxyl groups is 1. The molecule has 4 heteroatoms. The quantitative estimate of drug-likeness (QED) is 0.875. The standard InChI is InChI=1S/C17H25NO3/c1-13(4-5-14-6-8-15(19)9-7-14)18-11-3-10-17(2,12-18)16(20)21/h6-9,13,19H,3-5,10-12H2,1-2H3,(H,20,21). The van der Waals surface area contributed by atoms with E-state index >= 15 is 0 Å².